The molecule has 0 N–H and O–H groups in total. The lowest BCUT2D eigenvalue weighted by atomic mass is 9.95. The number of halogens is 1. The van der Waals surface area contributed by atoms with Crippen LogP contribution in [0.4, 0.5) is 5.69 Å². The Morgan fingerprint density at radius 2 is 1.39 bits per heavy atom. The first kappa shape index (κ1) is 26.2. The van der Waals surface area contributed by atoms with Gasteiger partial charge in [-0.1, -0.05) is 54.1 Å². The normalized spacial score (nSPS) is 11.4. The molecule has 4 aromatic rings. The Hall–Kier alpha value is -2.88. The van der Waals surface area contributed by atoms with E-state index in [-0.39, 0.29) is 11.5 Å². The number of rotatable bonds is 8. The summed E-state index contributed by atoms with van der Waals surface area (Å²) in [5.74, 6) is 0.720. The van der Waals surface area contributed by atoms with Gasteiger partial charge in [-0.05, 0) is 96.5 Å². The second kappa shape index (κ2) is 11.0. The predicted octanol–water partition coefficient (Wildman–Crippen LogP) is 7.22. The molecule has 0 heterocycles. The molecule has 4 aromatic carbocycles. The molecular weight excluding hydrogens is 585 g/mol. The highest BCUT2D eigenvalue weighted by Crippen LogP contribution is 2.40. The lowest BCUT2D eigenvalue weighted by Crippen LogP contribution is -2.32. The van der Waals surface area contributed by atoms with Crippen LogP contribution in [0.1, 0.15) is 22.3 Å². The molecule has 7 heteroatoms. The number of aryl methyl sites for hydroxylation is 3. The predicted molar refractivity (Wildman–Crippen MR) is 153 cm³/mol. The zero-order valence-electron chi connectivity index (χ0n) is 20.7. The number of sulfonamides is 1. The summed E-state index contributed by atoms with van der Waals surface area (Å²) in [6.07, 6.45) is 0. The van der Waals surface area contributed by atoms with Crippen LogP contribution < -0.4 is 9.21 Å². The number of anilines is 1. The van der Waals surface area contributed by atoms with Gasteiger partial charge >= 0.3 is 0 Å². The highest BCUT2D eigenvalue weighted by molar-refractivity contribution is 14.1. The minimum atomic E-state index is -4.04. The van der Waals surface area contributed by atoms with E-state index in [1.54, 1.807) is 37.4 Å². The second-order valence-electron chi connectivity index (χ2n) is 8.57. The molecule has 0 unspecified atom stereocenters. The molecule has 0 bridgehead atoms. The van der Waals surface area contributed by atoms with Crippen molar-refractivity contribution < 1.29 is 18.0 Å². The largest absolute Gasteiger partial charge is 0.497 e. The summed E-state index contributed by atoms with van der Waals surface area (Å²) >= 11 is 2.30. The maximum atomic E-state index is 14.0. The quantitative estimate of drug-likeness (QED) is 0.156. The molecule has 186 valence electrons. The molecule has 4 rings (SSSR count). The van der Waals surface area contributed by atoms with Crippen LogP contribution in [0.25, 0.3) is 11.1 Å². The Morgan fingerprint density at radius 1 is 0.778 bits per heavy atom. The molecule has 0 aliphatic heterocycles. The van der Waals surface area contributed by atoms with Crippen LogP contribution in [0, 0.1) is 24.3 Å². The fourth-order valence-electron chi connectivity index (χ4n) is 4.01. The Bertz CT molecular complexity index is 1450. The van der Waals surface area contributed by atoms with E-state index in [0.29, 0.717) is 5.69 Å². The highest BCUT2D eigenvalue weighted by Gasteiger charge is 2.30. The van der Waals surface area contributed by atoms with E-state index in [9.17, 15) is 8.42 Å². The van der Waals surface area contributed by atoms with Crippen LogP contribution >= 0.6 is 22.6 Å². The summed E-state index contributed by atoms with van der Waals surface area (Å²) in [4.78, 5) is 6.30. The van der Waals surface area contributed by atoms with Crippen molar-refractivity contribution in [3.05, 3.63) is 111 Å². The van der Waals surface area contributed by atoms with E-state index in [4.69, 9.17) is 9.57 Å². The average molecular weight is 614 g/mol. The molecule has 0 aliphatic carbocycles. The minimum Gasteiger partial charge on any atom is -0.497 e. The number of hydrogen-bond acceptors (Lipinski definition) is 4. The van der Waals surface area contributed by atoms with Gasteiger partial charge in [0.25, 0.3) is 10.0 Å². The smallest absolute Gasteiger partial charge is 0.286 e. The van der Waals surface area contributed by atoms with Crippen molar-refractivity contribution in [3.63, 3.8) is 0 Å². The van der Waals surface area contributed by atoms with Crippen molar-refractivity contribution in [2.45, 2.75) is 32.3 Å². The Morgan fingerprint density at radius 3 is 2.00 bits per heavy atom. The summed E-state index contributed by atoms with van der Waals surface area (Å²) in [6, 6.07) is 25.9. The van der Waals surface area contributed by atoms with Gasteiger partial charge in [-0.3, -0.25) is 4.84 Å². The standard InChI is InChI=1S/C29H28INO4S/c1-20-11-17-25(18-12-20)36(32,33)31(35-19-23-13-15-24(34-4)16-14-23)27-10-6-8-22(3)29(27)28-21(2)7-5-9-26(28)30/h5-18H,19H2,1-4H3. The maximum absolute atomic E-state index is 14.0. The molecular formula is C29H28INO4S. The summed E-state index contributed by atoms with van der Waals surface area (Å²) in [5.41, 5.74) is 6.09. The first-order valence-electron chi connectivity index (χ1n) is 11.5. The van der Waals surface area contributed by atoms with Crippen LogP contribution in [-0.4, -0.2) is 15.5 Å². The molecule has 0 amide bonds. The average Bonchev–Trinajstić information content (AvgIpc) is 2.86. The van der Waals surface area contributed by atoms with Crippen molar-refractivity contribution in [2.75, 3.05) is 11.6 Å². The number of methoxy groups -OCH3 is 1. The lowest BCUT2D eigenvalue weighted by Gasteiger charge is -2.27. The summed E-state index contributed by atoms with van der Waals surface area (Å²) < 4.78 is 35.4. The Balaban J connectivity index is 1.87. The first-order valence-corrected chi connectivity index (χ1v) is 14.0. The first-order chi connectivity index (χ1) is 17.2. The Labute approximate surface area is 226 Å². The molecule has 0 spiro atoms. The van der Waals surface area contributed by atoms with Crippen LogP contribution in [0.5, 0.6) is 5.75 Å². The third kappa shape index (κ3) is 5.43. The number of hydrogen-bond donors (Lipinski definition) is 0. The number of nitrogens with zero attached hydrogens (tertiary/aromatic N) is 1. The van der Waals surface area contributed by atoms with Crippen LogP contribution in [0.2, 0.25) is 0 Å². The van der Waals surface area contributed by atoms with Gasteiger partial charge in [0.2, 0.25) is 0 Å². The molecule has 0 aliphatic rings. The highest BCUT2D eigenvalue weighted by atomic mass is 127. The molecule has 0 saturated carbocycles. The third-order valence-electron chi connectivity index (χ3n) is 5.96. The molecule has 0 atom stereocenters. The van der Waals surface area contributed by atoms with Crippen LogP contribution in [-0.2, 0) is 21.5 Å². The second-order valence-corrected chi connectivity index (χ2v) is 11.5. The fourth-order valence-corrected chi connectivity index (χ4v) is 6.18. The molecule has 0 saturated heterocycles. The van der Waals surface area contributed by atoms with Crippen LogP contribution in [0.3, 0.4) is 0 Å². The number of ether oxygens (including phenoxy) is 1. The summed E-state index contributed by atoms with van der Waals surface area (Å²) in [6.45, 7) is 6.01. The molecule has 0 fully saturated rings. The van der Waals surface area contributed by atoms with Crippen molar-refractivity contribution in [2.24, 2.45) is 0 Å². The third-order valence-corrected chi connectivity index (χ3v) is 8.47. The zero-order chi connectivity index (χ0) is 25.9. The van der Waals surface area contributed by atoms with E-state index >= 15 is 0 Å². The summed E-state index contributed by atoms with van der Waals surface area (Å²) in [7, 11) is -2.44. The van der Waals surface area contributed by atoms with Gasteiger partial charge < -0.3 is 4.74 Å². The van der Waals surface area contributed by atoms with Crippen LogP contribution in [0.15, 0.2) is 89.8 Å². The van der Waals surface area contributed by atoms with Gasteiger partial charge in [-0.15, -0.1) is 4.47 Å². The molecule has 36 heavy (non-hydrogen) atoms. The maximum Gasteiger partial charge on any atom is 0.286 e. The molecule has 0 radical (unpaired) electrons. The Kier molecular flexibility index (Phi) is 8.02. The minimum absolute atomic E-state index is 0.0628. The lowest BCUT2D eigenvalue weighted by molar-refractivity contribution is 0.135. The van der Waals surface area contributed by atoms with E-state index in [1.807, 2.05) is 75.4 Å². The van der Waals surface area contributed by atoms with Gasteiger partial charge in [-0.2, -0.15) is 8.42 Å². The van der Waals surface area contributed by atoms with Gasteiger partial charge in [0.1, 0.15) is 12.4 Å². The van der Waals surface area contributed by atoms with E-state index in [2.05, 4.69) is 22.6 Å². The topological polar surface area (TPSA) is 55.8 Å². The van der Waals surface area contributed by atoms with Gasteiger partial charge in [-0.25, -0.2) is 0 Å². The van der Waals surface area contributed by atoms with E-state index in [0.717, 1.165) is 47.2 Å². The molecule has 0 aromatic heterocycles. The number of benzene rings is 4. The van der Waals surface area contributed by atoms with Gasteiger partial charge in [0.15, 0.2) is 0 Å². The van der Waals surface area contributed by atoms with Crippen molar-refractivity contribution >= 4 is 38.3 Å². The van der Waals surface area contributed by atoms with Crippen molar-refractivity contribution in [1.82, 2.24) is 0 Å². The van der Waals surface area contributed by atoms with E-state index in [1.165, 1.54) is 0 Å². The monoisotopic (exact) mass is 613 g/mol. The summed E-state index contributed by atoms with van der Waals surface area (Å²) in [5, 5.41) is 0. The SMILES string of the molecule is COc1ccc(CON(c2cccc(C)c2-c2c(C)cccc2I)S(=O)(=O)c2ccc(C)cc2)cc1. The van der Waals surface area contributed by atoms with Gasteiger partial charge in [0, 0.05) is 14.7 Å². The van der Waals surface area contributed by atoms with E-state index < -0.39 is 10.0 Å². The van der Waals surface area contributed by atoms with Crippen molar-refractivity contribution in [3.8, 4) is 16.9 Å². The van der Waals surface area contributed by atoms with Gasteiger partial charge in [0.05, 0.1) is 17.7 Å². The van der Waals surface area contributed by atoms with Crippen molar-refractivity contribution in [1.29, 1.82) is 0 Å². The fraction of sp³-hybridized carbons (Fsp3) is 0.172. The molecule has 5 nitrogen and oxygen atoms in total. The zero-order valence-corrected chi connectivity index (χ0v) is 23.6.